The molecule has 0 bridgehead atoms. The lowest BCUT2D eigenvalue weighted by Gasteiger charge is -2.19. The lowest BCUT2D eigenvalue weighted by molar-refractivity contribution is -0.121. The first kappa shape index (κ1) is 24.1. The zero-order valence-corrected chi connectivity index (χ0v) is 20.1. The maximum absolute atomic E-state index is 13.7. The third kappa shape index (κ3) is 4.88. The van der Waals surface area contributed by atoms with Crippen LogP contribution in [0.15, 0.2) is 77.9 Å². The number of H-pyrrole nitrogens is 1. The molecule has 3 aromatic heterocycles. The van der Waals surface area contributed by atoms with E-state index in [0.717, 1.165) is 16.5 Å². The summed E-state index contributed by atoms with van der Waals surface area (Å²) in [5, 5.41) is 14.4. The number of aromatic amines is 1. The standard InChI is InChI=1S/C28H25FN4O4/c1-37-20-8-5-17(6-9-20)22(26-27(35)32-24-4-2-3-13-33(24)28(26)36)15-25(34)30-12-11-18-16-31-23-10-7-19(29)14-21(18)23/h2-10,13-14,16,22,31,35H,11-12,15H2,1H3,(H,30,34). The Labute approximate surface area is 211 Å². The number of nitrogens with zero attached hydrogens (tertiary/aromatic N) is 2. The van der Waals surface area contributed by atoms with E-state index in [1.165, 1.54) is 16.5 Å². The minimum Gasteiger partial charge on any atom is -0.497 e. The van der Waals surface area contributed by atoms with Crippen molar-refractivity contribution in [2.75, 3.05) is 13.7 Å². The summed E-state index contributed by atoms with van der Waals surface area (Å²) in [6.07, 6.45) is 3.78. The number of ether oxygens (including phenoxy) is 1. The number of hydrogen-bond acceptors (Lipinski definition) is 5. The van der Waals surface area contributed by atoms with Gasteiger partial charge in [-0.15, -0.1) is 0 Å². The maximum Gasteiger partial charge on any atom is 0.265 e. The number of amides is 1. The predicted molar refractivity (Wildman–Crippen MR) is 138 cm³/mol. The van der Waals surface area contributed by atoms with Crippen LogP contribution in [0.1, 0.15) is 29.0 Å². The number of benzene rings is 2. The number of fused-ring (bicyclic) bond motifs is 2. The topological polar surface area (TPSA) is 109 Å². The van der Waals surface area contributed by atoms with Gasteiger partial charge < -0.3 is 20.1 Å². The average Bonchev–Trinajstić information content (AvgIpc) is 3.30. The molecule has 8 nitrogen and oxygen atoms in total. The van der Waals surface area contributed by atoms with Crippen molar-refractivity contribution in [1.29, 1.82) is 0 Å². The van der Waals surface area contributed by atoms with E-state index in [-0.39, 0.29) is 23.7 Å². The molecule has 188 valence electrons. The molecule has 0 fully saturated rings. The number of rotatable bonds is 8. The lowest BCUT2D eigenvalue weighted by Crippen LogP contribution is -2.30. The Morgan fingerprint density at radius 1 is 1.19 bits per heavy atom. The summed E-state index contributed by atoms with van der Waals surface area (Å²) >= 11 is 0. The molecule has 0 spiro atoms. The maximum atomic E-state index is 13.7. The zero-order valence-electron chi connectivity index (χ0n) is 20.1. The van der Waals surface area contributed by atoms with Gasteiger partial charge in [0.1, 0.15) is 17.2 Å². The molecule has 0 aliphatic carbocycles. The summed E-state index contributed by atoms with van der Waals surface area (Å²) in [4.78, 5) is 33.7. The Morgan fingerprint density at radius 3 is 2.78 bits per heavy atom. The molecular weight excluding hydrogens is 475 g/mol. The minimum atomic E-state index is -0.745. The van der Waals surface area contributed by atoms with Gasteiger partial charge in [0.05, 0.1) is 12.7 Å². The van der Waals surface area contributed by atoms with Crippen LogP contribution in [0.5, 0.6) is 11.6 Å². The van der Waals surface area contributed by atoms with Crippen LogP contribution in [0.4, 0.5) is 4.39 Å². The van der Waals surface area contributed by atoms with Gasteiger partial charge in [0, 0.05) is 42.2 Å². The van der Waals surface area contributed by atoms with Gasteiger partial charge in [0.25, 0.3) is 5.56 Å². The van der Waals surface area contributed by atoms with Crippen molar-refractivity contribution in [3.63, 3.8) is 0 Å². The Kier molecular flexibility index (Phi) is 6.59. The Bertz CT molecular complexity index is 1640. The summed E-state index contributed by atoms with van der Waals surface area (Å²) in [5.41, 5.74) is 2.27. The third-order valence-electron chi connectivity index (χ3n) is 6.45. The Balaban J connectivity index is 1.40. The van der Waals surface area contributed by atoms with Crippen LogP contribution in [0.2, 0.25) is 0 Å². The molecule has 0 aliphatic rings. The van der Waals surface area contributed by atoms with E-state index in [1.54, 1.807) is 68.0 Å². The molecule has 1 amide bonds. The largest absolute Gasteiger partial charge is 0.497 e. The van der Waals surface area contributed by atoms with Crippen LogP contribution in [-0.2, 0) is 11.2 Å². The SMILES string of the molecule is COc1ccc(C(CC(=O)NCCc2c[nH]c3ccc(F)cc23)c2c(O)nc3ccccn3c2=O)cc1. The van der Waals surface area contributed by atoms with Gasteiger partial charge in [-0.25, -0.2) is 4.39 Å². The number of aromatic hydroxyl groups is 1. The van der Waals surface area contributed by atoms with Crippen molar-refractivity contribution in [3.05, 3.63) is 106 Å². The number of nitrogens with one attached hydrogen (secondary N) is 2. The van der Waals surface area contributed by atoms with Gasteiger partial charge in [0.15, 0.2) is 0 Å². The van der Waals surface area contributed by atoms with Crippen LogP contribution in [0, 0.1) is 5.82 Å². The smallest absolute Gasteiger partial charge is 0.265 e. The van der Waals surface area contributed by atoms with Gasteiger partial charge in [-0.3, -0.25) is 14.0 Å². The molecule has 2 aromatic carbocycles. The van der Waals surface area contributed by atoms with Gasteiger partial charge in [-0.1, -0.05) is 18.2 Å². The normalized spacial score (nSPS) is 12.1. The van der Waals surface area contributed by atoms with E-state index in [1.807, 2.05) is 0 Å². The molecule has 0 saturated carbocycles. The van der Waals surface area contributed by atoms with Crippen LogP contribution in [0.3, 0.4) is 0 Å². The molecule has 9 heteroatoms. The van der Waals surface area contributed by atoms with E-state index in [9.17, 15) is 19.1 Å². The number of carbonyl (C=O) groups is 1. The highest BCUT2D eigenvalue weighted by Crippen LogP contribution is 2.32. The number of hydrogen-bond donors (Lipinski definition) is 3. The molecule has 5 rings (SSSR count). The Hall–Kier alpha value is -4.66. The van der Waals surface area contributed by atoms with Crippen molar-refractivity contribution in [2.45, 2.75) is 18.8 Å². The van der Waals surface area contributed by atoms with E-state index in [4.69, 9.17) is 4.74 Å². The van der Waals surface area contributed by atoms with E-state index >= 15 is 0 Å². The van der Waals surface area contributed by atoms with Crippen LogP contribution < -0.4 is 15.6 Å². The summed E-state index contributed by atoms with van der Waals surface area (Å²) in [6, 6.07) is 16.6. The van der Waals surface area contributed by atoms with Crippen molar-refractivity contribution in [1.82, 2.24) is 19.7 Å². The lowest BCUT2D eigenvalue weighted by atomic mass is 9.89. The first-order chi connectivity index (χ1) is 17.9. The van der Waals surface area contributed by atoms with Crippen molar-refractivity contribution in [3.8, 4) is 11.6 Å². The minimum absolute atomic E-state index is 0.0381. The van der Waals surface area contributed by atoms with Gasteiger partial charge in [-0.05, 0) is 60.0 Å². The number of aromatic nitrogens is 3. The first-order valence-electron chi connectivity index (χ1n) is 11.8. The van der Waals surface area contributed by atoms with E-state index in [0.29, 0.717) is 29.9 Å². The summed E-state index contributed by atoms with van der Waals surface area (Å²) in [7, 11) is 1.55. The second kappa shape index (κ2) is 10.1. The molecule has 1 atom stereocenters. The number of halogens is 1. The monoisotopic (exact) mass is 500 g/mol. The number of carbonyl (C=O) groups excluding carboxylic acids is 1. The fourth-order valence-corrected chi connectivity index (χ4v) is 4.57. The molecule has 0 radical (unpaired) electrons. The summed E-state index contributed by atoms with van der Waals surface area (Å²) in [6.45, 7) is 0.318. The van der Waals surface area contributed by atoms with Gasteiger partial charge >= 0.3 is 0 Å². The zero-order chi connectivity index (χ0) is 25.9. The molecule has 3 heterocycles. The second-order valence-corrected chi connectivity index (χ2v) is 8.72. The van der Waals surface area contributed by atoms with Crippen LogP contribution in [-0.4, -0.2) is 39.0 Å². The highest BCUT2D eigenvalue weighted by atomic mass is 19.1. The Morgan fingerprint density at radius 2 is 2.00 bits per heavy atom. The molecule has 5 aromatic rings. The molecule has 1 unspecified atom stereocenters. The molecule has 3 N–H and O–H groups in total. The third-order valence-corrected chi connectivity index (χ3v) is 6.45. The first-order valence-corrected chi connectivity index (χ1v) is 11.8. The second-order valence-electron chi connectivity index (χ2n) is 8.72. The van der Waals surface area contributed by atoms with Gasteiger partial charge in [-0.2, -0.15) is 4.98 Å². The fourth-order valence-electron chi connectivity index (χ4n) is 4.57. The highest BCUT2D eigenvalue weighted by molar-refractivity contribution is 5.83. The van der Waals surface area contributed by atoms with Gasteiger partial charge in [0.2, 0.25) is 11.8 Å². The molecule has 0 saturated heterocycles. The van der Waals surface area contributed by atoms with Crippen molar-refractivity contribution in [2.24, 2.45) is 0 Å². The van der Waals surface area contributed by atoms with Crippen molar-refractivity contribution < 1.29 is 19.0 Å². The number of methoxy groups -OCH3 is 1. The van der Waals surface area contributed by atoms with Crippen molar-refractivity contribution >= 4 is 22.5 Å². The van der Waals surface area contributed by atoms with Crippen LogP contribution >= 0.6 is 0 Å². The fraction of sp³-hybridized carbons (Fsp3) is 0.179. The van der Waals surface area contributed by atoms with E-state index in [2.05, 4.69) is 15.3 Å². The molecule has 0 aliphatic heterocycles. The van der Waals surface area contributed by atoms with Crippen LogP contribution in [0.25, 0.3) is 16.6 Å². The summed E-state index contributed by atoms with van der Waals surface area (Å²) in [5.74, 6) is -1.16. The molecule has 37 heavy (non-hydrogen) atoms. The predicted octanol–water partition coefficient (Wildman–Crippen LogP) is 3.91. The molecular formula is C28H25FN4O4. The number of pyridine rings is 1. The quantitative estimate of drug-likeness (QED) is 0.299. The average molecular weight is 501 g/mol. The van der Waals surface area contributed by atoms with E-state index < -0.39 is 17.4 Å². The highest BCUT2D eigenvalue weighted by Gasteiger charge is 2.26. The summed E-state index contributed by atoms with van der Waals surface area (Å²) < 4.78 is 20.3.